The summed E-state index contributed by atoms with van der Waals surface area (Å²) in [4.78, 5) is 13.1. The number of thiocarbonyl (C=S) groups is 1. The van der Waals surface area contributed by atoms with Gasteiger partial charge in [-0.05, 0) is 67.9 Å². The average Bonchev–Trinajstić information content (AvgIpc) is 2.57. The first kappa shape index (κ1) is 18.4. The molecule has 1 heterocycles. The summed E-state index contributed by atoms with van der Waals surface area (Å²) in [5.41, 5.74) is 5.08. The molecule has 6 heteroatoms. The lowest BCUT2D eigenvalue weighted by Crippen LogP contribution is -2.45. The van der Waals surface area contributed by atoms with Gasteiger partial charge in [0.05, 0.1) is 11.6 Å². The van der Waals surface area contributed by atoms with Gasteiger partial charge in [0, 0.05) is 16.4 Å². The van der Waals surface area contributed by atoms with Crippen LogP contribution in [-0.2, 0) is 4.79 Å². The van der Waals surface area contributed by atoms with Gasteiger partial charge in [0.1, 0.15) is 0 Å². The van der Waals surface area contributed by atoms with Gasteiger partial charge in [0.25, 0.3) is 5.91 Å². The molecule has 0 saturated heterocycles. The van der Waals surface area contributed by atoms with Crippen molar-refractivity contribution in [3.63, 3.8) is 0 Å². The number of carbonyl (C=O) groups is 1. The number of aryl methyl sites for hydroxylation is 2. The largest absolute Gasteiger partial charge is 0.351 e. The second kappa shape index (κ2) is 7.48. The third kappa shape index (κ3) is 3.89. The summed E-state index contributed by atoms with van der Waals surface area (Å²) in [7, 11) is 0. The fourth-order valence-corrected chi connectivity index (χ4v) is 3.46. The highest BCUT2D eigenvalue weighted by Gasteiger charge is 2.30. The van der Waals surface area contributed by atoms with Crippen LogP contribution < -0.4 is 16.0 Å². The molecule has 0 bridgehead atoms. The zero-order valence-corrected chi connectivity index (χ0v) is 16.4. The number of nitrogens with one attached hydrogen (secondary N) is 3. The smallest absolute Gasteiger partial charge is 0.255 e. The standard InChI is InChI=1S/C20H20ClN3OS/c1-11-7-8-12(2)16(9-11)23-19(25)17-13(3)22-20(26)24-18(17)14-5-4-6-15(21)10-14/h4-10,18H,1-3H3,(H,23,25)(H2,22,24,26)/t18-/m1/s1. The van der Waals surface area contributed by atoms with Crippen LogP contribution in [0.1, 0.15) is 29.7 Å². The Hall–Kier alpha value is -2.37. The minimum atomic E-state index is -0.368. The summed E-state index contributed by atoms with van der Waals surface area (Å²) in [6, 6.07) is 13.0. The topological polar surface area (TPSA) is 53.2 Å². The maximum absolute atomic E-state index is 13.1. The molecule has 1 aliphatic heterocycles. The molecule has 3 rings (SSSR count). The Balaban J connectivity index is 1.98. The Bertz CT molecular complexity index is 923. The molecule has 2 aromatic rings. The van der Waals surface area contributed by atoms with Crippen LogP contribution in [0.2, 0.25) is 5.02 Å². The van der Waals surface area contributed by atoms with Crippen LogP contribution in [0.4, 0.5) is 5.69 Å². The van der Waals surface area contributed by atoms with Gasteiger partial charge >= 0.3 is 0 Å². The van der Waals surface area contributed by atoms with Crippen molar-refractivity contribution in [2.45, 2.75) is 26.8 Å². The molecule has 0 fully saturated rings. The molecule has 3 N–H and O–H groups in total. The van der Waals surface area contributed by atoms with Gasteiger partial charge in [-0.15, -0.1) is 0 Å². The van der Waals surface area contributed by atoms with Crippen molar-refractivity contribution in [1.29, 1.82) is 0 Å². The first-order valence-corrected chi connectivity index (χ1v) is 9.06. The van der Waals surface area contributed by atoms with E-state index in [1.807, 2.05) is 57.2 Å². The van der Waals surface area contributed by atoms with Gasteiger partial charge < -0.3 is 16.0 Å². The number of benzene rings is 2. The summed E-state index contributed by atoms with van der Waals surface area (Å²) < 4.78 is 0. The Morgan fingerprint density at radius 1 is 1.15 bits per heavy atom. The normalized spacial score (nSPS) is 16.8. The van der Waals surface area contributed by atoms with Crippen LogP contribution >= 0.6 is 23.8 Å². The molecule has 0 aromatic heterocycles. The molecule has 0 spiro atoms. The highest BCUT2D eigenvalue weighted by atomic mass is 35.5. The molecule has 0 unspecified atom stereocenters. The van der Waals surface area contributed by atoms with Crippen molar-refractivity contribution in [1.82, 2.24) is 10.6 Å². The van der Waals surface area contributed by atoms with Crippen LogP contribution in [0.25, 0.3) is 0 Å². The molecule has 1 amide bonds. The lowest BCUT2D eigenvalue weighted by atomic mass is 9.95. The second-order valence-corrected chi connectivity index (χ2v) is 7.24. The van der Waals surface area contributed by atoms with Crippen molar-refractivity contribution >= 4 is 40.5 Å². The Labute approximate surface area is 163 Å². The van der Waals surface area contributed by atoms with Crippen LogP contribution in [-0.4, -0.2) is 11.0 Å². The zero-order chi connectivity index (χ0) is 18.8. The number of hydrogen-bond donors (Lipinski definition) is 3. The Kier molecular flexibility index (Phi) is 5.30. The maximum Gasteiger partial charge on any atom is 0.255 e. The number of carbonyl (C=O) groups excluding carboxylic acids is 1. The zero-order valence-electron chi connectivity index (χ0n) is 14.8. The fraction of sp³-hybridized carbons (Fsp3) is 0.200. The third-order valence-corrected chi connectivity index (χ3v) is 4.79. The first-order chi connectivity index (χ1) is 12.3. The monoisotopic (exact) mass is 385 g/mol. The van der Waals surface area contributed by atoms with Crippen molar-refractivity contribution in [2.24, 2.45) is 0 Å². The van der Waals surface area contributed by atoms with Crippen LogP contribution in [0.3, 0.4) is 0 Å². The van der Waals surface area contributed by atoms with Crippen molar-refractivity contribution in [3.8, 4) is 0 Å². The van der Waals surface area contributed by atoms with Gasteiger partial charge in [-0.25, -0.2) is 0 Å². The van der Waals surface area contributed by atoms with Gasteiger partial charge in [-0.2, -0.15) is 0 Å². The van der Waals surface area contributed by atoms with E-state index >= 15 is 0 Å². The SMILES string of the molecule is CC1=C(C(=O)Nc2cc(C)ccc2C)[C@@H](c2cccc(Cl)c2)NC(=S)N1. The summed E-state index contributed by atoms with van der Waals surface area (Å²) in [5.74, 6) is -0.177. The number of anilines is 1. The van der Waals surface area contributed by atoms with Crippen molar-refractivity contribution in [3.05, 3.63) is 75.4 Å². The summed E-state index contributed by atoms with van der Waals surface area (Å²) in [6.07, 6.45) is 0. The number of amides is 1. The summed E-state index contributed by atoms with van der Waals surface area (Å²) in [5, 5.41) is 10.3. The van der Waals surface area contributed by atoms with E-state index in [0.29, 0.717) is 15.7 Å². The molecule has 0 saturated carbocycles. The highest BCUT2D eigenvalue weighted by Crippen LogP contribution is 2.29. The van der Waals surface area contributed by atoms with E-state index in [1.165, 1.54) is 0 Å². The van der Waals surface area contributed by atoms with Gasteiger partial charge in [0.2, 0.25) is 0 Å². The van der Waals surface area contributed by atoms with E-state index in [-0.39, 0.29) is 11.9 Å². The molecule has 1 atom stereocenters. The van der Waals surface area contributed by atoms with E-state index < -0.39 is 0 Å². The molecule has 0 aliphatic carbocycles. The van der Waals surface area contributed by atoms with Crippen LogP contribution in [0.15, 0.2) is 53.7 Å². The minimum Gasteiger partial charge on any atom is -0.351 e. The molecule has 1 aliphatic rings. The lowest BCUT2D eigenvalue weighted by Gasteiger charge is -2.30. The molecule has 4 nitrogen and oxygen atoms in total. The fourth-order valence-electron chi connectivity index (χ4n) is 2.99. The van der Waals surface area contributed by atoms with E-state index in [0.717, 1.165) is 28.1 Å². The van der Waals surface area contributed by atoms with E-state index in [4.69, 9.17) is 23.8 Å². The van der Waals surface area contributed by atoms with Crippen molar-refractivity contribution < 1.29 is 4.79 Å². The predicted molar refractivity (Wildman–Crippen MR) is 110 cm³/mol. The Morgan fingerprint density at radius 2 is 1.92 bits per heavy atom. The molecule has 134 valence electrons. The highest BCUT2D eigenvalue weighted by molar-refractivity contribution is 7.80. The van der Waals surface area contributed by atoms with E-state index in [2.05, 4.69) is 16.0 Å². The number of hydrogen-bond acceptors (Lipinski definition) is 2. The summed E-state index contributed by atoms with van der Waals surface area (Å²) in [6.45, 7) is 5.82. The minimum absolute atomic E-state index is 0.177. The molecule has 0 radical (unpaired) electrons. The maximum atomic E-state index is 13.1. The van der Waals surface area contributed by atoms with E-state index in [9.17, 15) is 4.79 Å². The predicted octanol–water partition coefficient (Wildman–Crippen LogP) is 4.39. The number of allylic oxidation sites excluding steroid dienone is 1. The molecular weight excluding hydrogens is 366 g/mol. The van der Waals surface area contributed by atoms with E-state index in [1.54, 1.807) is 6.07 Å². The van der Waals surface area contributed by atoms with Gasteiger partial charge in [-0.1, -0.05) is 35.9 Å². The second-order valence-electron chi connectivity index (χ2n) is 6.40. The quantitative estimate of drug-likeness (QED) is 0.686. The first-order valence-electron chi connectivity index (χ1n) is 8.27. The summed E-state index contributed by atoms with van der Waals surface area (Å²) >= 11 is 11.4. The van der Waals surface area contributed by atoms with Gasteiger partial charge in [0.15, 0.2) is 5.11 Å². The Morgan fingerprint density at radius 3 is 2.65 bits per heavy atom. The molecule has 2 aromatic carbocycles. The van der Waals surface area contributed by atoms with Crippen LogP contribution in [0.5, 0.6) is 0 Å². The number of halogens is 1. The number of rotatable bonds is 3. The van der Waals surface area contributed by atoms with Crippen molar-refractivity contribution in [2.75, 3.05) is 5.32 Å². The van der Waals surface area contributed by atoms with Gasteiger partial charge in [-0.3, -0.25) is 4.79 Å². The molecule has 26 heavy (non-hydrogen) atoms. The third-order valence-electron chi connectivity index (χ3n) is 4.34. The average molecular weight is 386 g/mol. The van der Waals surface area contributed by atoms with Crippen LogP contribution in [0, 0.1) is 13.8 Å². The lowest BCUT2D eigenvalue weighted by molar-refractivity contribution is -0.113. The molecular formula is C20H20ClN3OS.